The first-order valence-electron chi connectivity index (χ1n) is 5.62. The molecule has 2 rings (SSSR count). The molecule has 0 unspecified atom stereocenters. The van der Waals surface area contributed by atoms with Gasteiger partial charge in [-0.05, 0) is 36.9 Å². The van der Waals surface area contributed by atoms with E-state index in [-0.39, 0.29) is 5.78 Å². The van der Waals surface area contributed by atoms with Gasteiger partial charge in [-0.3, -0.25) is 4.79 Å². The first-order valence-corrected chi connectivity index (χ1v) is 8.80. The van der Waals surface area contributed by atoms with Gasteiger partial charge in [-0.2, -0.15) is 0 Å². The summed E-state index contributed by atoms with van der Waals surface area (Å²) >= 11 is 2.60. The largest absolute Gasteiger partial charge is 0.294 e. The number of hydrogen-bond donors (Lipinski definition) is 1. The molecule has 0 spiro atoms. The fourth-order valence-corrected chi connectivity index (χ4v) is 4.47. The Morgan fingerprint density at radius 1 is 1.32 bits per heavy atom. The van der Waals surface area contributed by atoms with E-state index in [9.17, 15) is 13.2 Å². The molecule has 0 atom stereocenters. The lowest BCUT2D eigenvalue weighted by Crippen LogP contribution is -2.25. The van der Waals surface area contributed by atoms with Crippen LogP contribution in [0.4, 0.5) is 0 Å². The van der Waals surface area contributed by atoms with E-state index in [0.717, 1.165) is 4.88 Å². The van der Waals surface area contributed by atoms with E-state index in [4.69, 9.17) is 0 Å². The minimum absolute atomic E-state index is 0.0374. The summed E-state index contributed by atoms with van der Waals surface area (Å²) in [6.07, 6.45) is 0.586. The summed E-state index contributed by atoms with van der Waals surface area (Å²) in [5.74, 6) is 0.0374. The van der Waals surface area contributed by atoms with Crippen LogP contribution in [0.3, 0.4) is 0 Å². The minimum atomic E-state index is -3.39. The number of carbonyl (C=O) groups excluding carboxylic acids is 1. The molecule has 0 bridgehead atoms. The molecule has 0 aliphatic heterocycles. The predicted octanol–water partition coefficient (Wildman–Crippen LogP) is 2.53. The van der Waals surface area contributed by atoms with Crippen LogP contribution in [0.1, 0.15) is 21.5 Å². The van der Waals surface area contributed by atoms with Gasteiger partial charge in [0.15, 0.2) is 5.78 Å². The number of hydrogen-bond acceptors (Lipinski definition) is 5. The molecule has 4 nitrogen and oxygen atoms in total. The Hall–Kier alpha value is -1.02. The minimum Gasteiger partial charge on any atom is -0.294 e. The first kappa shape index (κ1) is 14.4. The van der Waals surface area contributed by atoms with Gasteiger partial charge >= 0.3 is 0 Å². The highest BCUT2D eigenvalue weighted by Crippen LogP contribution is 2.18. The molecule has 0 saturated heterocycles. The molecule has 19 heavy (non-hydrogen) atoms. The molecule has 2 aromatic rings. The van der Waals surface area contributed by atoms with Gasteiger partial charge < -0.3 is 0 Å². The van der Waals surface area contributed by atoms with Crippen LogP contribution >= 0.6 is 22.7 Å². The molecule has 0 fully saturated rings. The highest BCUT2D eigenvalue weighted by Gasteiger charge is 2.14. The van der Waals surface area contributed by atoms with E-state index >= 15 is 0 Å². The van der Waals surface area contributed by atoms with Crippen LogP contribution in [0.15, 0.2) is 33.9 Å². The average molecular weight is 315 g/mol. The van der Waals surface area contributed by atoms with E-state index in [1.807, 2.05) is 6.07 Å². The molecule has 0 aliphatic rings. The van der Waals surface area contributed by atoms with Gasteiger partial charge in [0, 0.05) is 11.4 Å². The van der Waals surface area contributed by atoms with Crippen LogP contribution in [-0.2, 0) is 16.4 Å². The van der Waals surface area contributed by atoms with Gasteiger partial charge in [0.25, 0.3) is 0 Å². The van der Waals surface area contributed by atoms with Gasteiger partial charge in [-0.15, -0.1) is 22.7 Å². The molecule has 0 aliphatic carbocycles. The van der Waals surface area contributed by atoms with E-state index in [2.05, 4.69) is 4.72 Å². The summed E-state index contributed by atoms with van der Waals surface area (Å²) < 4.78 is 26.6. The second-order valence-electron chi connectivity index (χ2n) is 3.90. The van der Waals surface area contributed by atoms with Crippen molar-refractivity contribution in [3.05, 3.63) is 39.4 Å². The fourth-order valence-electron chi connectivity index (χ4n) is 1.50. The Labute approximate surface area is 120 Å². The number of carbonyl (C=O) groups is 1. The molecule has 1 N–H and O–H groups in total. The number of nitrogens with one attached hydrogen (secondary N) is 1. The highest BCUT2D eigenvalue weighted by molar-refractivity contribution is 7.91. The molecule has 0 saturated carbocycles. The van der Waals surface area contributed by atoms with Crippen LogP contribution in [0.5, 0.6) is 0 Å². The fraction of sp³-hybridized carbons (Fsp3) is 0.250. The monoisotopic (exact) mass is 315 g/mol. The van der Waals surface area contributed by atoms with Crippen LogP contribution in [0, 0.1) is 0 Å². The summed E-state index contributed by atoms with van der Waals surface area (Å²) in [4.78, 5) is 12.9. The zero-order valence-corrected chi connectivity index (χ0v) is 12.7. The van der Waals surface area contributed by atoms with Crippen molar-refractivity contribution in [3.63, 3.8) is 0 Å². The van der Waals surface area contributed by atoms with Crippen molar-refractivity contribution in [2.75, 3.05) is 6.54 Å². The van der Waals surface area contributed by atoms with Gasteiger partial charge in [0.1, 0.15) is 4.21 Å². The maximum atomic E-state index is 11.8. The standard InChI is InChI=1S/C12H13NO3S3/c1-9(14)11-5-4-10(18-11)6-7-13-19(15,16)12-3-2-8-17-12/h2-5,8,13H,6-7H2,1H3. The number of rotatable bonds is 6. The molecule has 0 amide bonds. The van der Waals surface area contributed by atoms with E-state index in [0.29, 0.717) is 22.1 Å². The summed E-state index contributed by atoms with van der Waals surface area (Å²) in [5, 5.41) is 1.73. The number of ketones is 1. The van der Waals surface area contributed by atoms with Crippen LogP contribution in [0.2, 0.25) is 0 Å². The van der Waals surface area contributed by atoms with Crippen molar-refractivity contribution in [2.24, 2.45) is 0 Å². The summed E-state index contributed by atoms with van der Waals surface area (Å²) in [6.45, 7) is 1.85. The number of sulfonamides is 1. The topological polar surface area (TPSA) is 63.2 Å². The lowest BCUT2D eigenvalue weighted by Gasteiger charge is -2.03. The molecule has 0 aromatic carbocycles. The Morgan fingerprint density at radius 2 is 2.11 bits per heavy atom. The average Bonchev–Trinajstić information content (AvgIpc) is 3.00. The van der Waals surface area contributed by atoms with E-state index in [1.54, 1.807) is 23.6 Å². The lowest BCUT2D eigenvalue weighted by atomic mass is 10.3. The Balaban J connectivity index is 1.91. The zero-order chi connectivity index (χ0) is 13.9. The predicted molar refractivity (Wildman–Crippen MR) is 77.5 cm³/mol. The van der Waals surface area contributed by atoms with Crippen molar-refractivity contribution in [3.8, 4) is 0 Å². The van der Waals surface area contributed by atoms with Gasteiger partial charge in [0.05, 0.1) is 4.88 Å². The highest BCUT2D eigenvalue weighted by atomic mass is 32.2. The Bertz CT molecular complexity index is 656. The first-order chi connectivity index (χ1) is 8.99. The van der Waals surface area contributed by atoms with E-state index in [1.165, 1.54) is 29.6 Å². The van der Waals surface area contributed by atoms with Crippen LogP contribution in [-0.4, -0.2) is 20.7 Å². The summed E-state index contributed by atoms with van der Waals surface area (Å²) in [7, 11) is -3.39. The molecule has 2 heterocycles. The maximum absolute atomic E-state index is 11.8. The molecular formula is C12H13NO3S3. The van der Waals surface area contributed by atoms with Gasteiger partial charge in [0.2, 0.25) is 10.0 Å². The Morgan fingerprint density at radius 3 is 2.68 bits per heavy atom. The van der Waals surface area contributed by atoms with Crippen molar-refractivity contribution >= 4 is 38.5 Å². The normalized spacial score (nSPS) is 11.6. The van der Waals surface area contributed by atoms with Crippen molar-refractivity contribution in [1.82, 2.24) is 4.72 Å². The van der Waals surface area contributed by atoms with Crippen molar-refractivity contribution < 1.29 is 13.2 Å². The summed E-state index contributed by atoms with van der Waals surface area (Å²) in [6, 6.07) is 6.92. The molecule has 2 aromatic heterocycles. The SMILES string of the molecule is CC(=O)c1ccc(CCNS(=O)(=O)c2cccs2)s1. The second kappa shape index (κ2) is 5.96. The number of thiophene rings is 2. The maximum Gasteiger partial charge on any atom is 0.250 e. The van der Waals surface area contributed by atoms with Crippen molar-refractivity contribution in [2.45, 2.75) is 17.6 Å². The Kier molecular flexibility index (Phi) is 4.51. The summed E-state index contributed by atoms with van der Waals surface area (Å²) in [5.41, 5.74) is 0. The van der Waals surface area contributed by atoms with Gasteiger partial charge in [-0.25, -0.2) is 13.1 Å². The molecular weight excluding hydrogens is 302 g/mol. The third kappa shape index (κ3) is 3.73. The third-order valence-corrected chi connectivity index (χ3v) is 6.54. The zero-order valence-electron chi connectivity index (χ0n) is 10.3. The van der Waals surface area contributed by atoms with E-state index < -0.39 is 10.0 Å². The molecule has 0 radical (unpaired) electrons. The lowest BCUT2D eigenvalue weighted by molar-refractivity contribution is 0.102. The van der Waals surface area contributed by atoms with Gasteiger partial charge in [-0.1, -0.05) is 6.07 Å². The smallest absolute Gasteiger partial charge is 0.250 e. The van der Waals surface area contributed by atoms with Crippen LogP contribution < -0.4 is 4.72 Å². The van der Waals surface area contributed by atoms with Crippen molar-refractivity contribution in [1.29, 1.82) is 0 Å². The third-order valence-electron chi connectivity index (χ3n) is 2.43. The van der Waals surface area contributed by atoms with Crippen LogP contribution in [0.25, 0.3) is 0 Å². The molecule has 7 heteroatoms. The number of Topliss-reactive ketones (excluding diaryl/α,β-unsaturated/α-hetero) is 1. The molecule has 102 valence electrons. The second-order valence-corrected chi connectivity index (χ2v) is 8.01. The quantitative estimate of drug-likeness (QED) is 0.833.